The van der Waals surface area contributed by atoms with Crippen LogP contribution in [0.3, 0.4) is 0 Å². The number of ether oxygens (including phenoxy) is 1. The molecule has 0 saturated carbocycles. The van der Waals surface area contributed by atoms with E-state index >= 15 is 0 Å². The number of benzene rings is 2. The molecule has 0 saturated heterocycles. The van der Waals surface area contributed by atoms with Crippen molar-refractivity contribution in [3.8, 4) is 11.6 Å². The van der Waals surface area contributed by atoms with E-state index in [4.69, 9.17) is 4.74 Å². The van der Waals surface area contributed by atoms with Crippen LogP contribution in [0, 0.1) is 0 Å². The van der Waals surface area contributed by atoms with Crippen molar-refractivity contribution in [1.29, 1.82) is 0 Å². The number of para-hydroxylation sites is 1. The quantitative estimate of drug-likeness (QED) is 0.671. The van der Waals surface area contributed by atoms with Gasteiger partial charge in [0.25, 0.3) is 5.91 Å². The van der Waals surface area contributed by atoms with Crippen LogP contribution in [-0.4, -0.2) is 22.1 Å². The molecule has 0 bridgehead atoms. The molecule has 2 aromatic carbocycles. The van der Waals surface area contributed by atoms with Crippen LogP contribution in [0.1, 0.15) is 19.4 Å². The Balaban J connectivity index is 1.69. The first-order valence-corrected chi connectivity index (χ1v) is 8.03. The van der Waals surface area contributed by atoms with E-state index in [2.05, 4.69) is 15.2 Å². The van der Waals surface area contributed by atoms with Crippen LogP contribution < -0.4 is 4.74 Å². The van der Waals surface area contributed by atoms with Crippen LogP contribution in [0.2, 0.25) is 0 Å². The Morgan fingerprint density at radius 1 is 1.16 bits per heavy atom. The second kappa shape index (κ2) is 7.17. The first-order chi connectivity index (χ1) is 12.0. The second-order valence-corrected chi connectivity index (χ2v) is 5.95. The maximum absolute atomic E-state index is 12.0. The smallest absolute Gasteiger partial charge is 0.269 e. The van der Waals surface area contributed by atoms with Crippen molar-refractivity contribution in [1.82, 2.24) is 4.98 Å². The summed E-state index contributed by atoms with van der Waals surface area (Å²) in [5, 5.41) is 18.3. The van der Waals surface area contributed by atoms with Gasteiger partial charge in [-0.05, 0) is 37.6 Å². The normalized spacial score (nSPS) is 11.5. The molecule has 0 spiro atoms. The number of hydrogen-bond donors (Lipinski definition) is 2. The molecule has 1 heterocycles. The van der Waals surface area contributed by atoms with E-state index in [-0.39, 0.29) is 30.0 Å². The molecule has 25 heavy (non-hydrogen) atoms. The van der Waals surface area contributed by atoms with Crippen molar-refractivity contribution in [3.63, 3.8) is 0 Å². The molecule has 0 aliphatic rings. The highest BCUT2D eigenvalue weighted by Crippen LogP contribution is 2.35. The highest BCUT2D eigenvalue weighted by Gasteiger charge is 2.10. The SMILES string of the molecule is CC(C)Oc1ccc(CC(=O)N=Nc2c(O)[nH]c3ccccc23)cc1. The number of nitrogens with one attached hydrogen (secondary N) is 1. The maximum atomic E-state index is 12.0. The maximum Gasteiger partial charge on any atom is 0.269 e. The fourth-order valence-corrected chi connectivity index (χ4v) is 2.49. The zero-order valence-electron chi connectivity index (χ0n) is 14.1. The molecule has 0 aliphatic carbocycles. The molecule has 6 nitrogen and oxygen atoms in total. The molecule has 3 rings (SSSR count). The largest absolute Gasteiger partial charge is 0.493 e. The van der Waals surface area contributed by atoms with E-state index in [1.807, 2.05) is 56.3 Å². The van der Waals surface area contributed by atoms with E-state index < -0.39 is 0 Å². The molecule has 1 aromatic heterocycles. The van der Waals surface area contributed by atoms with Gasteiger partial charge in [0.15, 0.2) is 5.69 Å². The molecule has 6 heteroatoms. The molecule has 0 radical (unpaired) electrons. The van der Waals surface area contributed by atoms with Crippen molar-refractivity contribution in [3.05, 3.63) is 54.1 Å². The lowest BCUT2D eigenvalue weighted by atomic mass is 10.1. The summed E-state index contributed by atoms with van der Waals surface area (Å²) in [4.78, 5) is 14.8. The number of carbonyl (C=O) groups is 1. The Morgan fingerprint density at radius 2 is 1.88 bits per heavy atom. The number of nitrogens with zero attached hydrogens (tertiary/aromatic N) is 2. The minimum atomic E-state index is -0.387. The Labute approximate surface area is 145 Å². The summed E-state index contributed by atoms with van der Waals surface area (Å²) >= 11 is 0. The summed E-state index contributed by atoms with van der Waals surface area (Å²) in [5.74, 6) is 0.270. The molecule has 0 unspecified atom stereocenters. The average Bonchev–Trinajstić information content (AvgIpc) is 2.89. The first-order valence-electron chi connectivity index (χ1n) is 8.03. The standard InChI is InChI=1S/C19H19N3O3/c1-12(2)25-14-9-7-13(8-10-14)11-17(23)21-22-18-15-5-3-4-6-16(15)20-19(18)24/h3-10,12,20,24H,11H2,1-2H3. The van der Waals surface area contributed by atoms with Crippen LogP contribution in [0.15, 0.2) is 58.8 Å². The predicted molar refractivity (Wildman–Crippen MR) is 95.4 cm³/mol. The third-order valence-electron chi connectivity index (χ3n) is 3.57. The fourth-order valence-electron chi connectivity index (χ4n) is 2.49. The van der Waals surface area contributed by atoms with E-state index in [9.17, 15) is 9.90 Å². The summed E-state index contributed by atoms with van der Waals surface area (Å²) in [6.45, 7) is 3.91. The number of rotatable bonds is 5. The van der Waals surface area contributed by atoms with E-state index in [0.717, 1.165) is 16.8 Å². The van der Waals surface area contributed by atoms with Crippen molar-refractivity contribution < 1.29 is 14.6 Å². The lowest BCUT2D eigenvalue weighted by molar-refractivity contribution is -0.117. The zero-order chi connectivity index (χ0) is 17.8. The van der Waals surface area contributed by atoms with Crippen LogP contribution >= 0.6 is 0 Å². The second-order valence-electron chi connectivity index (χ2n) is 5.95. The monoisotopic (exact) mass is 337 g/mol. The Morgan fingerprint density at radius 3 is 2.60 bits per heavy atom. The number of aromatic nitrogens is 1. The van der Waals surface area contributed by atoms with Gasteiger partial charge in [0, 0.05) is 5.39 Å². The van der Waals surface area contributed by atoms with Gasteiger partial charge in [-0.25, -0.2) is 0 Å². The summed E-state index contributed by atoms with van der Waals surface area (Å²) in [6, 6.07) is 14.6. The number of fused-ring (bicyclic) bond motifs is 1. The molecule has 1 amide bonds. The summed E-state index contributed by atoms with van der Waals surface area (Å²) in [7, 11) is 0. The number of aromatic hydroxyl groups is 1. The van der Waals surface area contributed by atoms with E-state index in [1.165, 1.54) is 0 Å². The van der Waals surface area contributed by atoms with Gasteiger partial charge < -0.3 is 14.8 Å². The number of carbonyl (C=O) groups excluding carboxylic acids is 1. The molecule has 128 valence electrons. The van der Waals surface area contributed by atoms with Crippen LogP contribution in [0.4, 0.5) is 5.69 Å². The Kier molecular flexibility index (Phi) is 4.79. The number of amides is 1. The van der Waals surface area contributed by atoms with Gasteiger partial charge in [0.05, 0.1) is 18.0 Å². The first kappa shape index (κ1) is 16.7. The third kappa shape index (κ3) is 4.03. The van der Waals surface area contributed by atoms with Gasteiger partial charge in [0.1, 0.15) is 5.75 Å². The van der Waals surface area contributed by atoms with Gasteiger partial charge in [-0.2, -0.15) is 0 Å². The molecule has 2 N–H and O–H groups in total. The molecular weight excluding hydrogens is 318 g/mol. The minimum Gasteiger partial charge on any atom is -0.493 e. The van der Waals surface area contributed by atoms with Gasteiger partial charge in [0.2, 0.25) is 5.88 Å². The fraction of sp³-hybridized carbons (Fsp3) is 0.211. The lowest BCUT2D eigenvalue weighted by Gasteiger charge is -2.09. The molecular formula is C19H19N3O3. The minimum absolute atomic E-state index is 0.102. The number of H-pyrrole nitrogens is 1. The molecule has 3 aromatic rings. The summed E-state index contributed by atoms with van der Waals surface area (Å²) in [6.07, 6.45) is 0.235. The van der Waals surface area contributed by atoms with Crippen molar-refractivity contribution in [2.75, 3.05) is 0 Å². The third-order valence-corrected chi connectivity index (χ3v) is 3.57. The number of aromatic amines is 1. The summed E-state index contributed by atoms with van der Waals surface area (Å²) < 4.78 is 5.57. The molecule has 0 fully saturated rings. The van der Waals surface area contributed by atoms with Crippen LogP contribution in [0.5, 0.6) is 11.6 Å². The zero-order valence-corrected chi connectivity index (χ0v) is 14.1. The highest BCUT2D eigenvalue weighted by molar-refractivity contribution is 5.94. The van der Waals surface area contributed by atoms with Crippen molar-refractivity contribution >= 4 is 22.5 Å². The molecule has 0 aliphatic heterocycles. The predicted octanol–water partition coefficient (Wildman–Crippen LogP) is 4.51. The van der Waals surface area contributed by atoms with Crippen molar-refractivity contribution in [2.45, 2.75) is 26.4 Å². The van der Waals surface area contributed by atoms with Crippen LogP contribution in [-0.2, 0) is 11.2 Å². The highest BCUT2D eigenvalue weighted by atomic mass is 16.5. The van der Waals surface area contributed by atoms with Crippen LogP contribution in [0.25, 0.3) is 10.9 Å². The van der Waals surface area contributed by atoms with E-state index in [0.29, 0.717) is 5.39 Å². The number of hydrogen-bond acceptors (Lipinski definition) is 4. The average molecular weight is 337 g/mol. The topological polar surface area (TPSA) is 87.0 Å². The van der Waals surface area contributed by atoms with E-state index in [1.54, 1.807) is 6.07 Å². The van der Waals surface area contributed by atoms with Gasteiger partial charge in [-0.3, -0.25) is 4.79 Å². The Hall–Kier alpha value is -3.15. The number of azo groups is 1. The van der Waals surface area contributed by atoms with Gasteiger partial charge >= 0.3 is 0 Å². The van der Waals surface area contributed by atoms with Crippen molar-refractivity contribution in [2.24, 2.45) is 10.2 Å². The lowest BCUT2D eigenvalue weighted by Crippen LogP contribution is -2.05. The summed E-state index contributed by atoms with van der Waals surface area (Å²) in [5.41, 5.74) is 1.83. The van der Waals surface area contributed by atoms with Gasteiger partial charge in [-0.1, -0.05) is 30.3 Å². The Bertz CT molecular complexity index is 911. The van der Waals surface area contributed by atoms with Gasteiger partial charge in [-0.15, -0.1) is 10.2 Å². The molecule has 0 atom stereocenters.